The van der Waals surface area contributed by atoms with Gasteiger partial charge in [-0.05, 0) is 0 Å². The first-order chi connectivity index (χ1) is 8.51. The monoisotopic (exact) mass is 254 g/mol. The lowest BCUT2D eigenvalue weighted by atomic mass is 10.3. The van der Waals surface area contributed by atoms with Gasteiger partial charge in [-0.15, -0.1) is 0 Å². The summed E-state index contributed by atoms with van der Waals surface area (Å²) in [6.07, 6.45) is -1.71. The van der Waals surface area contributed by atoms with Crippen LogP contribution in [-0.2, 0) is 0 Å². The number of nitrogens with one attached hydrogen (secondary N) is 1. The lowest BCUT2D eigenvalue weighted by Gasteiger charge is -2.16. The summed E-state index contributed by atoms with van der Waals surface area (Å²) in [4.78, 5) is 16.1. The molecule has 1 aromatic heterocycles. The van der Waals surface area contributed by atoms with Crippen LogP contribution in [-0.4, -0.2) is 52.5 Å². The number of anilines is 2. The maximum atomic E-state index is 10.8. The average molecular weight is 254 g/mol. The van der Waals surface area contributed by atoms with Crippen LogP contribution >= 0.6 is 0 Å². The summed E-state index contributed by atoms with van der Waals surface area (Å²) in [5.74, 6) is 0.735. The van der Waals surface area contributed by atoms with Crippen LogP contribution in [0.1, 0.15) is 0 Å². The molecule has 0 aromatic carbocycles. The van der Waals surface area contributed by atoms with Crippen molar-refractivity contribution in [3.8, 4) is 0 Å². The van der Waals surface area contributed by atoms with Crippen molar-refractivity contribution in [3.63, 3.8) is 0 Å². The third-order valence-corrected chi connectivity index (χ3v) is 2.85. The van der Waals surface area contributed by atoms with Gasteiger partial charge in [0.05, 0.1) is 29.3 Å². The Morgan fingerprint density at radius 1 is 1.44 bits per heavy atom. The normalized spacial score (nSPS) is 23.2. The van der Waals surface area contributed by atoms with E-state index in [2.05, 4.69) is 10.3 Å². The Balaban J connectivity index is 2.32. The van der Waals surface area contributed by atoms with Crippen LogP contribution in [0.5, 0.6) is 0 Å². The number of β-amino-alcohol motifs (C(OH)–C–C–N with tert-alkyl or cyclic N) is 2. The maximum Gasteiger partial charge on any atom is 0.276 e. The zero-order chi connectivity index (χ0) is 13.3. The molecule has 8 heteroatoms. The zero-order valence-electron chi connectivity index (χ0n) is 9.78. The SMILES string of the molecule is CNc1cc([N+](=O)[O-])cc(N2CC(O)C(O)C2)n1. The predicted octanol–water partition coefficient (Wildman–Crippen LogP) is -0.427. The van der Waals surface area contributed by atoms with E-state index in [1.165, 1.54) is 12.1 Å². The standard InChI is InChI=1S/C10H14N4O4/c1-11-9-2-6(14(17)18)3-10(12-9)13-4-7(15)8(16)5-13/h2-3,7-8,15-16H,4-5H2,1H3,(H,11,12). The molecule has 0 amide bonds. The Kier molecular flexibility index (Phi) is 3.30. The minimum absolute atomic E-state index is 0.0831. The summed E-state index contributed by atoms with van der Waals surface area (Å²) >= 11 is 0. The summed E-state index contributed by atoms with van der Waals surface area (Å²) < 4.78 is 0. The van der Waals surface area contributed by atoms with Crippen molar-refractivity contribution in [2.75, 3.05) is 30.4 Å². The lowest BCUT2D eigenvalue weighted by molar-refractivity contribution is -0.384. The molecule has 0 spiro atoms. The van der Waals surface area contributed by atoms with E-state index in [4.69, 9.17) is 0 Å². The van der Waals surface area contributed by atoms with Crippen molar-refractivity contribution in [1.82, 2.24) is 4.98 Å². The highest BCUT2D eigenvalue weighted by molar-refractivity contribution is 5.56. The number of hydrogen-bond donors (Lipinski definition) is 3. The van der Waals surface area contributed by atoms with Gasteiger partial charge < -0.3 is 20.4 Å². The summed E-state index contributed by atoms with van der Waals surface area (Å²) in [6.45, 7) is 0.414. The molecule has 98 valence electrons. The molecule has 1 aromatic rings. The van der Waals surface area contributed by atoms with Crippen LogP contribution in [0.4, 0.5) is 17.3 Å². The molecule has 0 saturated carbocycles. The van der Waals surface area contributed by atoms with Gasteiger partial charge in [0, 0.05) is 20.1 Å². The Labute approximate surface area is 103 Å². The Bertz CT molecular complexity index is 457. The fraction of sp³-hybridized carbons (Fsp3) is 0.500. The minimum atomic E-state index is -0.857. The third-order valence-electron chi connectivity index (χ3n) is 2.85. The first-order valence-corrected chi connectivity index (χ1v) is 5.46. The molecule has 2 unspecified atom stereocenters. The van der Waals surface area contributed by atoms with Crippen LogP contribution in [0.25, 0.3) is 0 Å². The first-order valence-electron chi connectivity index (χ1n) is 5.46. The molecule has 18 heavy (non-hydrogen) atoms. The quantitative estimate of drug-likeness (QED) is 0.495. The highest BCUT2D eigenvalue weighted by atomic mass is 16.6. The molecular weight excluding hydrogens is 240 g/mol. The third kappa shape index (κ3) is 2.34. The molecule has 0 bridgehead atoms. The van der Waals surface area contributed by atoms with Gasteiger partial charge in [0.25, 0.3) is 5.69 Å². The van der Waals surface area contributed by atoms with Gasteiger partial charge in [-0.25, -0.2) is 4.98 Å². The summed E-state index contributed by atoms with van der Waals surface area (Å²) in [5.41, 5.74) is -0.0831. The molecule has 1 aliphatic heterocycles. The Morgan fingerprint density at radius 2 is 2.06 bits per heavy atom. The molecular formula is C10H14N4O4. The number of pyridine rings is 1. The van der Waals surface area contributed by atoms with Gasteiger partial charge in [0.1, 0.15) is 11.6 Å². The molecule has 3 N–H and O–H groups in total. The lowest BCUT2D eigenvalue weighted by Crippen LogP contribution is -2.22. The molecule has 8 nitrogen and oxygen atoms in total. The van der Waals surface area contributed by atoms with E-state index in [0.717, 1.165) is 0 Å². The number of hydrogen-bond acceptors (Lipinski definition) is 7. The van der Waals surface area contributed by atoms with E-state index < -0.39 is 17.1 Å². The van der Waals surface area contributed by atoms with E-state index in [9.17, 15) is 20.3 Å². The molecule has 2 atom stereocenters. The summed E-state index contributed by atoms with van der Waals surface area (Å²) in [5, 5.41) is 32.5. The zero-order valence-corrected chi connectivity index (χ0v) is 9.78. The van der Waals surface area contributed by atoms with E-state index in [0.29, 0.717) is 11.6 Å². The topological polar surface area (TPSA) is 112 Å². The Morgan fingerprint density at radius 3 is 2.56 bits per heavy atom. The number of aliphatic hydroxyl groups excluding tert-OH is 2. The number of aromatic nitrogens is 1. The molecule has 1 aliphatic rings. The predicted molar refractivity (Wildman–Crippen MR) is 64.7 cm³/mol. The second-order valence-corrected chi connectivity index (χ2v) is 4.12. The van der Waals surface area contributed by atoms with Crippen molar-refractivity contribution in [2.24, 2.45) is 0 Å². The van der Waals surface area contributed by atoms with Gasteiger partial charge in [0.2, 0.25) is 0 Å². The highest BCUT2D eigenvalue weighted by Crippen LogP contribution is 2.25. The maximum absolute atomic E-state index is 10.8. The largest absolute Gasteiger partial charge is 0.389 e. The summed E-state index contributed by atoms with van der Waals surface area (Å²) in [7, 11) is 1.61. The smallest absolute Gasteiger partial charge is 0.276 e. The van der Waals surface area contributed by atoms with Crippen molar-refractivity contribution in [2.45, 2.75) is 12.2 Å². The van der Waals surface area contributed by atoms with E-state index in [1.54, 1.807) is 11.9 Å². The van der Waals surface area contributed by atoms with Gasteiger partial charge in [-0.1, -0.05) is 0 Å². The minimum Gasteiger partial charge on any atom is -0.389 e. The van der Waals surface area contributed by atoms with Crippen LogP contribution in [0, 0.1) is 10.1 Å². The number of rotatable bonds is 3. The van der Waals surface area contributed by atoms with Gasteiger partial charge in [-0.2, -0.15) is 0 Å². The van der Waals surface area contributed by atoms with Crippen LogP contribution in [0.3, 0.4) is 0 Å². The number of nitro groups is 1. The number of nitrogens with zero attached hydrogens (tertiary/aromatic N) is 3. The van der Waals surface area contributed by atoms with E-state index in [-0.39, 0.29) is 18.8 Å². The van der Waals surface area contributed by atoms with Crippen LogP contribution in [0.2, 0.25) is 0 Å². The van der Waals surface area contributed by atoms with Gasteiger partial charge in [-0.3, -0.25) is 10.1 Å². The van der Waals surface area contributed by atoms with E-state index >= 15 is 0 Å². The van der Waals surface area contributed by atoms with Crippen molar-refractivity contribution < 1.29 is 15.1 Å². The van der Waals surface area contributed by atoms with Crippen LogP contribution in [0.15, 0.2) is 12.1 Å². The van der Waals surface area contributed by atoms with E-state index in [1.807, 2.05) is 0 Å². The molecule has 0 aliphatic carbocycles. The van der Waals surface area contributed by atoms with Gasteiger partial charge >= 0.3 is 0 Å². The summed E-state index contributed by atoms with van der Waals surface area (Å²) in [6, 6.07) is 2.65. The molecule has 2 rings (SSSR count). The molecule has 2 heterocycles. The fourth-order valence-corrected chi connectivity index (χ4v) is 1.85. The second-order valence-electron chi connectivity index (χ2n) is 4.12. The Hall–Kier alpha value is -1.93. The molecule has 0 radical (unpaired) electrons. The van der Waals surface area contributed by atoms with Crippen molar-refractivity contribution in [3.05, 3.63) is 22.2 Å². The molecule has 1 fully saturated rings. The first kappa shape index (κ1) is 12.5. The van der Waals surface area contributed by atoms with Crippen molar-refractivity contribution >= 4 is 17.3 Å². The fourth-order valence-electron chi connectivity index (χ4n) is 1.85. The number of aliphatic hydroxyl groups is 2. The molecule has 1 saturated heterocycles. The van der Waals surface area contributed by atoms with Crippen LogP contribution < -0.4 is 10.2 Å². The van der Waals surface area contributed by atoms with Crippen molar-refractivity contribution in [1.29, 1.82) is 0 Å². The second kappa shape index (κ2) is 4.75. The van der Waals surface area contributed by atoms with Gasteiger partial charge in [0.15, 0.2) is 0 Å². The highest BCUT2D eigenvalue weighted by Gasteiger charge is 2.31. The average Bonchev–Trinajstić information content (AvgIpc) is 2.69.